The van der Waals surface area contributed by atoms with Crippen LogP contribution in [0, 0.1) is 19.8 Å². The average Bonchev–Trinajstić information content (AvgIpc) is 2.81. The summed E-state index contributed by atoms with van der Waals surface area (Å²) >= 11 is 1.52. The molecule has 0 bridgehead atoms. The Bertz CT molecular complexity index is 1040. The van der Waals surface area contributed by atoms with Gasteiger partial charge in [0.1, 0.15) is 0 Å². The van der Waals surface area contributed by atoms with E-state index in [9.17, 15) is 18.0 Å². The summed E-state index contributed by atoms with van der Waals surface area (Å²) in [5.41, 5.74) is 3.07. The van der Waals surface area contributed by atoms with E-state index in [1.807, 2.05) is 39.0 Å². The highest BCUT2D eigenvalue weighted by atomic mass is 32.2. The number of amides is 2. The van der Waals surface area contributed by atoms with E-state index in [0.29, 0.717) is 17.1 Å². The second-order valence-electron chi connectivity index (χ2n) is 7.24. The third kappa shape index (κ3) is 5.00. The number of rotatable bonds is 5. The van der Waals surface area contributed by atoms with Crippen LogP contribution >= 0.6 is 11.8 Å². The van der Waals surface area contributed by atoms with Gasteiger partial charge < -0.3 is 10.6 Å². The van der Waals surface area contributed by atoms with Crippen molar-refractivity contribution in [2.45, 2.75) is 37.0 Å². The van der Waals surface area contributed by atoms with Crippen LogP contribution in [-0.2, 0) is 19.4 Å². The smallest absolute Gasteiger partial charge is 0.228 e. The van der Waals surface area contributed by atoms with Crippen LogP contribution in [-0.4, -0.2) is 31.7 Å². The summed E-state index contributed by atoms with van der Waals surface area (Å²) in [5, 5.41) is 5.60. The van der Waals surface area contributed by atoms with Crippen molar-refractivity contribution in [3.63, 3.8) is 0 Å². The quantitative estimate of drug-likeness (QED) is 0.750. The number of fused-ring (bicyclic) bond motifs is 1. The molecule has 0 spiro atoms. The fourth-order valence-electron chi connectivity index (χ4n) is 3.03. The molecular formula is C21H24N2O4S2. The number of hydrogen-bond donors (Lipinski definition) is 2. The van der Waals surface area contributed by atoms with E-state index >= 15 is 0 Å². The summed E-state index contributed by atoms with van der Waals surface area (Å²) < 4.78 is 25.5. The highest BCUT2D eigenvalue weighted by molar-refractivity contribution is 7.99. The Morgan fingerprint density at radius 3 is 2.59 bits per heavy atom. The van der Waals surface area contributed by atoms with E-state index in [0.717, 1.165) is 16.0 Å². The lowest BCUT2D eigenvalue weighted by Gasteiger charge is -2.12. The largest absolute Gasteiger partial charge is 0.326 e. The molecule has 6 nitrogen and oxygen atoms in total. The van der Waals surface area contributed by atoms with Crippen molar-refractivity contribution in [3.8, 4) is 0 Å². The Morgan fingerprint density at radius 2 is 1.90 bits per heavy atom. The number of sulfone groups is 1. The van der Waals surface area contributed by atoms with Crippen LogP contribution in [0.25, 0.3) is 0 Å². The van der Waals surface area contributed by atoms with Gasteiger partial charge in [0.05, 0.1) is 16.3 Å². The Hall–Kier alpha value is -2.32. The van der Waals surface area contributed by atoms with Crippen LogP contribution in [0.3, 0.4) is 0 Å². The number of carbonyl (C=O) groups is 2. The third-order valence-corrected chi connectivity index (χ3v) is 7.90. The predicted molar refractivity (Wildman–Crippen MR) is 116 cm³/mol. The van der Waals surface area contributed by atoms with Crippen molar-refractivity contribution in [3.05, 3.63) is 47.5 Å². The van der Waals surface area contributed by atoms with Crippen molar-refractivity contribution in [1.82, 2.24) is 0 Å². The predicted octanol–water partition coefficient (Wildman–Crippen LogP) is 3.79. The van der Waals surface area contributed by atoms with Crippen LogP contribution in [0.5, 0.6) is 0 Å². The summed E-state index contributed by atoms with van der Waals surface area (Å²) in [5.74, 6) is -0.290. The summed E-state index contributed by atoms with van der Waals surface area (Å²) in [7, 11) is -3.67. The summed E-state index contributed by atoms with van der Waals surface area (Å²) in [4.78, 5) is 25.3. The third-order valence-electron chi connectivity index (χ3n) is 4.85. The van der Waals surface area contributed by atoms with Crippen LogP contribution in [0.15, 0.2) is 46.2 Å². The van der Waals surface area contributed by atoms with Gasteiger partial charge in [-0.1, -0.05) is 25.1 Å². The van der Waals surface area contributed by atoms with Gasteiger partial charge in [0.25, 0.3) is 0 Å². The van der Waals surface area contributed by atoms with Gasteiger partial charge in [-0.3, -0.25) is 9.59 Å². The number of nitrogens with one attached hydrogen (secondary N) is 2. The molecule has 2 N–H and O–H groups in total. The Kier molecular flexibility index (Phi) is 6.33. The van der Waals surface area contributed by atoms with Crippen molar-refractivity contribution in [1.29, 1.82) is 0 Å². The fourth-order valence-corrected chi connectivity index (χ4v) is 5.30. The molecule has 0 aromatic heterocycles. The molecule has 8 heteroatoms. The van der Waals surface area contributed by atoms with Gasteiger partial charge >= 0.3 is 0 Å². The van der Waals surface area contributed by atoms with Gasteiger partial charge in [-0.2, -0.15) is 0 Å². The second kappa shape index (κ2) is 8.59. The number of benzene rings is 2. The first kappa shape index (κ1) is 21.4. The highest BCUT2D eigenvalue weighted by Gasteiger charge is 2.23. The second-order valence-corrected chi connectivity index (χ2v) is 10.4. The Balaban J connectivity index is 1.71. The number of hydrogen-bond acceptors (Lipinski definition) is 5. The minimum Gasteiger partial charge on any atom is -0.326 e. The minimum atomic E-state index is -3.67. The Morgan fingerprint density at radius 1 is 1.21 bits per heavy atom. The maximum Gasteiger partial charge on any atom is 0.228 e. The molecule has 2 aromatic carbocycles. The molecule has 0 radical (unpaired) electrons. The van der Waals surface area contributed by atoms with Gasteiger partial charge in [0, 0.05) is 28.7 Å². The first-order chi connectivity index (χ1) is 13.7. The van der Waals surface area contributed by atoms with Crippen molar-refractivity contribution >= 4 is 44.8 Å². The van der Waals surface area contributed by atoms with Crippen LogP contribution in [0.1, 0.15) is 24.5 Å². The molecule has 1 heterocycles. The van der Waals surface area contributed by atoms with Gasteiger partial charge in [0.2, 0.25) is 11.8 Å². The van der Waals surface area contributed by atoms with Crippen LogP contribution in [0.4, 0.5) is 11.4 Å². The standard InChI is InChI=1S/C21H24N2O4S2/c1-13-5-4-6-14(2)20(13)23-19(24)9-10-29(26,27)16-7-8-18-17(11-16)22-21(25)15(3)12-28-18/h4-8,11,15H,9-10,12H2,1-3H3,(H,22,25)(H,23,24). The van der Waals surface area contributed by atoms with Gasteiger partial charge in [-0.25, -0.2) is 8.42 Å². The SMILES string of the molecule is Cc1cccc(C)c1NC(=O)CCS(=O)(=O)c1ccc2c(c1)NC(=O)C(C)CS2. The lowest BCUT2D eigenvalue weighted by molar-refractivity contribution is -0.118. The molecule has 29 heavy (non-hydrogen) atoms. The zero-order chi connectivity index (χ0) is 21.2. The monoisotopic (exact) mass is 432 g/mol. The average molecular weight is 433 g/mol. The van der Waals surface area contributed by atoms with Crippen molar-refractivity contribution in [2.75, 3.05) is 22.1 Å². The van der Waals surface area contributed by atoms with E-state index in [1.54, 1.807) is 6.07 Å². The van der Waals surface area contributed by atoms with E-state index in [-0.39, 0.29) is 34.8 Å². The van der Waals surface area contributed by atoms with Gasteiger partial charge in [-0.15, -0.1) is 11.8 Å². The zero-order valence-electron chi connectivity index (χ0n) is 16.6. The lowest BCUT2D eigenvalue weighted by atomic mass is 10.1. The molecule has 0 saturated carbocycles. The van der Waals surface area contributed by atoms with E-state index in [1.165, 1.54) is 23.9 Å². The van der Waals surface area contributed by atoms with Gasteiger partial charge in [-0.05, 0) is 43.2 Å². The summed E-state index contributed by atoms with van der Waals surface area (Å²) in [6.45, 7) is 5.62. The normalized spacial score (nSPS) is 16.5. The maximum atomic E-state index is 12.7. The van der Waals surface area contributed by atoms with Gasteiger partial charge in [0.15, 0.2) is 9.84 Å². The number of aryl methyl sites for hydroxylation is 2. The van der Waals surface area contributed by atoms with E-state index < -0.39 is 9.84 Å². The molecule has 0 aliphatic carbocycles. The van der Waals surface area contributed by atoms with Crippen molar-refractivity contribution in [2.24, 2.45) is 5.92 Å². The topological polar surface area (TPSA) is 92.3 Å². The number of anilines is 2. The molecule has 0 saturated heterocycles. The van der Waals surface area contributed by atoms with Crippen LogP contribution < -0.4 is 10.6 Å². The minimum absolute atomic E-state index is 0.103. The molecule has 3 rings (SSSR count). The molecule has 0 fully saturated rings. The van der Waals surface area contributed by atoms with E-state index in [4.69, 9.17) is 0 Å². The summed E-state index contributed by atoms with van der Waals surface area (Å²) in [6.07, 6.45) is -0.147. The molecule has 1 unspecified atom stereocenters. The number of carbonyl (C=O) groups excluding carboxylic acids is 2. The fraction of sp³-hybridized carbons (Fsp3) is 0.333. The molecule has 154 valence electrons. The molecule has 2 amide bonds. The first-order valence-electron chi connectivity index (χ1n) is 9.34. The number of thioether (sulfide) groups is 1. The molecule has 1 aliphatic heterocycles. The van der Waals surface area contributed by atoms with E-state index in [2.05, 4.69) is 10.6 Å². The molecule has 1 aliphatic rings. The summed E-state index contributed by atoms with van der Waals surface area (Å²) in [6, 6.07) is 10.4. The molecule has 2 aromatic rings. The first-order valence-corrected chi connectivity index (χ1v) is 12.0. The van der Waals surface area contributed by atoms with Crippen molar-refractivity contribution < 1.29 is 18.0 Å². The molecular weight excluding hydrogens is 408 g/mol. The number of para-hydroxylation sites is 1. The Labute approximate surface area is 175 Å². The molecule has 1 atom stereocenters. The lowest BCUT2D eigenvalue weighted by Crippen LogP contribution is -2.20. The zero-order valence-corrected chi connectivity index (χ0v) is 18.2. The highest BCUT2D eigenvalue weighted by Crippen LogP contribution is 2.34. The van der Waals surface area contributed by atoms with Crippen LogP contribution in [0.2, 0.25) is 0 Å². The maximum absolute atomic E-state index is 12.7.